The lowest BCUT2D eigenvalue weighted by atomic mass is 9.93. The van der Waals surface area contributed by atoms with Gasteiger partial charge in [0.25, 0.3) is 0 Å². The number of rotatable bonds is 3. The Morgan fingerprint density at radius 3 is 2.85 bits per heavy atom. The largest absolute Gasteiger partial charge is 0.481 e. The first-order chi connectivity index (χ1) is 9.58. The molecule has 20 heavy (non-hydrogen) atoms. The molecule has 2 unspecified atom stereocenters. The third kappa shape index (κ3) is 3.85. The summed E-state index contributed by atoms with van der Waals surface area (Å²) in [6, 6.07) is 0.205. The van der Waals surface area contributed by atoms with Crippen LogP contribution in [0.5, 0.6) is 0 Å². The van der Waals surface area contributed by atoms with Crippen molar-refractivity contribution < 1.29 is 19.4 Å². The van der Waals surface area contributed by atoms with Gasteiger partial charge in [-0.05, 0) is 32.1 Å². The van der Waals surface area contributed by atoms with Crippen LogP contribution in [0.1, 0.15) is 32.6 Å². The molecule has 6 nitrogen and oxygen atoms in total. The molecule has 2 heterocycles. The Hall–Kier alpha value is -1.30. The highest BCUT2D eigenvalue weighted by Crippen LogP contribution is 2.22. The van der Waals surface area contributed by atoms with Gasteiger partial charge in [-0.25, -0.2) is 4.79 Å². The second-order valence-electron chi connectivity index (χ2n) is 5.79. The van der Waals surface area contributed by atoms with Gasteiger partial charge in [0.2, 0.25) is 0 Å². The summed E-state index contributed by atoms with van der Waals surface area (Å²) < 4.78 is 5.36. The van der Waals surface area contributed by atoms with E-state index in [1.807, 2.05) is 16.7 Å². The molecule has 2 amide bonds. The number of carboxylic acids is 1. The molecule has 0 aromatic heterocycles. The van der Waals surface area contributed by atoms with E-state index in [0.717, 1.165) is 19.4 Å². The molecule has 2 atom stereocenters. The van der Waals surface area contributed by atoms with Gasteiger partial charge >= 0.3 is 12.0 Å². The smallest absolute Gasteiger partial charge is 0.320 e. The van der Waals surface area contributed by atoms with Crippen molar-refractivity contribution in [2.75, 3.05) is 32.8 Å². The summed E-state index contributed by atoms with van der Waals surface area (Å²) in [7, 11) is 0. The number of amides is 2. The summed E-state index contributed by atoms with van der Waals surface area (Å²) in [6.07, 6.45) is 2.85. The van der Waals surface area contributed by atoms with Crippen LogP contribution in [-0.2, 0) is 9.53 Å². The van der Waals surface area contributed by atoms with Crippen molar-refractivity contribution >= 4 is 12.0 Å². The van der Waals surface area contributed by atoms with E-state index in [0.29, 0.717) is 38.6 Å². The van der Waals surface area contributed by atoms with E-state index in [4.69, 9.17) is 9.84 Å². The highest BCUT2D eigenvalue weighted by Gasteiger charge is 2.31. The fourth-order valence-electron chi connectivity index (χ4n) is 3.00. The van der Waals surface area contributed by atoms with Crippen molar-refractivity contribution in [2.45, 2.75) is 38.6 Å². The maximum Gasteiger partial charge on any atom is 0.320 e. The van der Waals surface area contributed by atoms with Crippen LogP contribution in [0.2, 0.25) is 0 Å². The van der Waals surface area contributed by atoms with Gasteiger partial charge in [-0.3, -0.25) is 4.79 Å². The zero-order valence-corrected chi connectivity index (χ0v) is 12.1. The van der Waals surface area contributed by atoms with Crippen LogP contribution in [-0.4, -0.2) is 65.8 Å². The fraction of sp³-hybridized carbons (Fsp3) is 0.857. The number of morpholine rings is 1. The first-order valence-electron chi connectivity index (χ1n) is 7.43. The summed E-state index contributed by atoms with van der Waals surface area (Å²) >= 11 is 0. The number of carboxylic acid groups (broad SMARTS) is 1. The molecule has 0 spiro atoms. The Labute approximate surface area is 119 Å². The SMILES string of the molecule is CC1COCCN1C(=O)N1CCCC(CCC(=O)O)C1. The first-order valence-corrected chi connectivity index (χ1v) is 7.43. The van der Waals surface area contributed by atoms with Crippen LogP contribution < -0.4 is 0 Å². The molecule has 2 aliphatic heterocycles. The fourth-order valence-corrected chi connectivity index (χ4v) is 3.00. The molecule has 0 saturated carbocycles. The number of aliphatic carboxylic acids is 1. The number of nitrogens with zero attached hydrogens (tertiary/aromatic N) is 2. The predicted octanol–water partition coefficient (Wildman–Crippen LogP) is 1.40. The standard InChI is InChI=1S/C14H24N2O4/c1-11-10-20-8-7-16(11)14(19)15-6-2-3-12(9-15)4-5-13(17)18/h11-12H,2-10H2,1H3,(H,17,18). The summed E-state index contributed by atoms with van der Waals surface area (Å²) in [6.45, 7) is 5.33. The monoisotopic (exact) mass is 284 g/mol. The van der Waals surface area contributed by atoms with Crippen molar-refractivity contribution in [3.8, 4) is 0 Å². The second-order valence-corrected chi connectivity index (χ2v) is 5.79. The molecule has 0 aliphatic carbocycles. The minimum Gasteiger partial charge on any atom is -0.481 e. The average molecular weight is 284 g/mol. The lowest BCUT2D eigenvalue weighted by Crippen LogP contribution is -2.54. The molecule has 0 bridgehead atoms. The van der Waals surface area contributed by atoms with E-state index in [-0.39, 0.29) is 18.5 Å². The van der Waals surface area contributed by atoms with Gasteiger partial charge in [0, 0.05) is 26.1 Å². The first kappa shape index (κ1) is 15.1. The second kappa shape index (κ2) is 6.92. The summed E-state index contributed by atoms with van der Waals surface area (Å²) in [5.41, 5.74) is 0. The maximum absolute atomic E-state index is 12.5. The van der Waals surface area contributed by atoms with E-state index >= 15 is 0 Å². The molecular weight excluding hydrogens is 260 g/mol. The predicted molar refractivity (Wildman–Crippen MR) is 73.5 cm³/mol. The molecule has 0 aromatic carbocycles. The highest BCUT2D eigenvalue weighted by molar-refractivity contribution is 5.75. The number of likely N-dealkylation sites (tertiary alicyclic amines) is 1. The van der Waals surface area contributed by atoms with Crippen molar-refractivity contribution in [1.29, 1.82) is 0 Å². The van der Waals surface area contributed by atoms with Crippen LogP contribution in [0.15, 0.2) is 0 Å². The number of carbonyl (C=O) groups excluding carboxylic acids is 1. The number of carbonyl (C=O) groups is 2. The third-order valence-electron chi connectivity index (χ3n) is 4.17. The molecule has 2 fully saturated rings. The topological polar surface area (TPSA) is 70.1 Å². The lowest BCUT2D eigenvalue weighted by Gasteiger charge is -2.40. The Morgan fingerprint density at radius 2 is 2.15 bits per heavy atom. The Bertz CT molecular complexity index is 361. The molecule has 2 saturated heterocycles. The van der Waals surface area contributed by atoms with Gasteiger partial charge in [0.1, 0.15) is 0 Å². The number of piperidine rings is 1. The Balaban J connectivity index is 1.87. The molecule has 0 radical (unpaired) electrons. The third-order valence-corrected chi connectivity index (χ3v) is 4.17. The normalized spacial score (nSPS) is 27.4. The number of urea groups is 1. The summed E-state index contributed by atoms with van der Waals surface area (Å²) in [5.74, 6) is -0.435. The van der Waals surface area contributed by atoms with Gasteiger partial charge in [0.15, 0.2) is 0 Å². The van der Waals surface area contributed by atoms with Gasteiger partial charge in [-0.2, -0.15) is 0 Å². The van der Waals surface area contributed by atoms with Crippen LogP contribution in [0.4, 0.5) is 4.79 Å². The molecule has 2 rings (SSSR count). The van der Waals surface area contributed by atoms with Crippen LogP contribution in [0, 0.1) is 5.92 Å². The van der Waals surface area contributed by atoms with Crippen molar-refractivity contribution in [2.24, 2.45) is 5.92 Å². The van der Waals surface area contributed by atoms with Crippen LogP contribution in [0.3, 0.4) is 0 Å². The lowest BCUT2D eigenvalue weighted by molar-refractivity contribution is -0.137. The zero-order chi connectivity index (χ0) is 14.5. The van der Waals surface area contributed by atoms with Gasteiger partial charge in [-0.1, -0.05) is 0 Å². The van der Waals surface area contributed by atoms with E-state index in [1.165, 1.54) is 0 Å². The summed E-state index contributed by atoms with van der Waals surface area (Å²) in [4.78, 5) is 26.9. The minimum atomic E-state index is -0.754. The van der Waals surface area contributed by atoms with E-state index in [1.54, 1.807) is 0 Å². The zero-order valence-electron chi connectivity index (χ0n) is 12.1. The molecule has 6 heteroatoms. The Kier molecular flexibility index (Phi) is 5.23. The Morgan fingerprint density at radius 1 is 1.35 bits per heavy atom. The molecule has 0 aromatic rings. The molecule has 1 N–H and O–H groups in total. The number of hydrogen-bond acceptors (Lipinski definition) is 3. The van der Waals surface area contributed by atoms with Crippen molar-refractivity contribution in [3.63, 3.8) is 0 Å². The summed E-state index contributed by atoms with van der Waals surface area (Å²) in [5, 5.41) is 8.76. The molecule has 114 valence electrons. The molecular formula is C14H24N2O4. The average Bonchev–Trinajstić information content (AvgIpc) is 2.45. The van der Waals surface area contributed by atoms with E-state index < -0.39 is 5.97 Å². The minimum absolute atomic E-state index is 0.0841. The highest BCUT2D eigenvalue weighted by atomic mass is 16.5. The number of ether oxygens (including phenoxy) is 1. The molecule has 2 aliphatic rings. The van der Waals surface area contributed by atoms with E-state index in [2.05, 4.69) is 0 Å². The number of hydrogen-bond donors (Lipinski definition) is 1. The van der Waals surface area contributed by atoms with Crippen molar-refractivity contribution in [1.82, 2.24) is 9.80 Å². The van der Waals surface area contributed by atoms with Crippen molar-refractivity contribution in [3.05, 3.63) is 0 Å². The maximum atomic E-state index is 12.5. The van der Waals surface area contributed by atoms with Gasteiger partial charge < -0.3 is 19.6 Å². The van der Waals surface area contributed by atoms with Gasteiger partial charge in [-0.15, -0.1) is 0 Å². The van der Waals surface area contributed by atoms with Crippen LogP contribution in [0.25, 0.3) is 0 Å². The van der Waals surface area contributed by atoms with Gasteiger partial charge in [0.05, 0.1) is 19.3 Å². The van der Waals surface area contributed by atoms with E-state index in [9.17, 15) is 9.59 Å². The quantitative estimate of drug-likeness (QED) is 0.850. The van der Waals surface area contributed by atoms with Crippen LogP contribution >= 0.6 is 0 Å².